The van der Waals surface area contributed by atoms with Gasteiger partial charge in [0.15, 0.2) is 0 Å². The van der Waals surface area contributed by atoms with Crippen LogP contribution in [0.15, 0.2) is 29.0 Å². The average Bonchev–Trinajstić information content (AvgIpc) is 2.50. The van der Waals surface area contributed by atoms with Crippen molar-refractivity contribution in [2.45, 2.75) is 53.9 Å². The third-order valence-corrected chi connectivity index (χ3v) is 3.14. The minimum absolute atomic E-state index is 0.243. The number of hydrogen-bond acceptors (Lipinski definition) is 0. The molecule has 1 atom stereocenters. The standard InChI is InChI=1S/C15H24/c1-6-14(15(3,4)5)10-9-13-8-7-12(2)11-13/h6,10,12H,7-8,11H2,1-5H3/b14-6+. The summed E-state index contributed by atoms with van der Waals surface area (Å²) in [5.74, 6) is 0.865. The Morgan fingerprint density at radius 1 is 1.40 bits per heavy atom. The van der Waals surface area contributed by atoms with Crippen molar-refractivity contribution in [2.24, 2.45) is 11.3 Å². The summed E-state index contributed by atoms with van der Waals surface area (Å²) in [4.78, 5) is 0. The lowest BCUT2D eigenvalue weighted by atomic mass is 9.86. The van der Waals surface area contributed by atoms with Crippen LogP contribution in [0.2, 0.25) is 0 Å². The van der Waals surface area contributed by atoms with Crippen LogP contribution in [0.4, 0.5) is 0 Å². The van der Waals surface area contributed by atoms with Crippen molar-refractivity contribution in [3.8, 4) is 0 Å². The van der Waals surface area contributed by atoms with E-state index < -0.39 is 0 Å². The molecule has 15 heavy (non-hydrogen) atoms. The Morgan fingerprint density at radius 3 is 2.47 bits per heavy atom. The zero-order valence-electron chi connectivity index (χ0n) is 10.9. The molecule has 0 saturated heterocycles. The number of allylic oxidation sites excluding steroid dienone is 3. The average molecular weight is 204 g/mol. The van der Waals surface area contributed by atoms with E-state index in [1.807, 2.05) is 0 Å². The van der Waals surface area contributed by atoms with Crippen LogP contribution >= 0.6 is 0 Å². The summed E-state index contributed by atoms with van der Waals surface area (Å²) in [6, 6.07) is 0. The van der Waals surface area contributed by atoms with Gasteiger partial charge < -0.3 is 0 Å². The van der Waals surface area contributed by atoms with Gasteiger partial charge in [-0.3, -0.25) is 0 Å². The summed E-state index contributed by atoms with van der Waals surface area (Å²) in [6.07, 6.45) is 8.23. The molecule has 1 aliphatic carbocycles. The maximum atomic E-state index is 3.49. The molecule has 0 heteroatoms. The van der Waals surface area contributed by atoms with Crippen LogP contribution in [-0.4, -0.2) is 0 Å². The minimum atomic E-state index is 0.243. The lowest BCUT2D eigenvalue weighted by Crippen LogP contribution is -2.06. The normalized spacial score (nSPS) is 22.9. The highest BCUT2D eigenvalue weighted by atomic mass is 14.2. The first-order valence-electron chi connectivity index (χ1n) is 6.04. The monoisotopic (exact) mass is 204 g/mol. The predicted molar refractivity (Wildman–Crippen MR) is 67.8 cm³/mol. The van der Waals surface area contributed by atoms with Crippen LogP contribution in [0.25, 0.3) is 0 Å². The van der Waals surface area contributed by atoms with Crippen LogP contribution in [-0.2, 0) is 0 Å². The van der Waals surface area contributed by atoms with Gasteiger partial charge in [-0.25, -0.2) is 0 Å². The van der Waals surface area contributed by atoms with Crippen LogP contribution < -0.4 is 0 Å². The van der Waals surface area contributed by atoms with E-state index in [-0.39, 0.29) is 5.41 Å². The van der Waals surface area contributed by atoms with Gasteiger partial charge in [-0.1, -0.05) is 33.8 Å². The van der Waals surface area contributed by atoms with Gasteiger partial charge in [0.05, 0.1) is 0 Å². The lowest BCUT2D eigenvalue weighted by Gasteiger charge is -2.19. The molecule has 84 valence electrons. The van der Waals surface area contributed by atoms with Gasteiger partial charge in [0.25, 0.3) is 0 Å². The topological polar surface area (TPSA) is 0 Å². The summed E-state index contributed by atoms with van der Waals surface area (Å²) in [7, 11) is 0. The molecule has 1 fully saturated rings. The van der Waals surface area contributed by atoms with Crippen molar-refractivity contribution in [1.82, 2.24) is 0 Å². The Bertz CT molecular complexity index is 303. The highest BCUT2D eigenvalue weighted by Crippen LogP contribution is 2.30. The molecular weight excluding hydrogens is 180 g/mol. The van der Waals surface area contributed by atoms with Crippen LogP contribution in [0, 0.1) is 11.3 Å². The fourth-order valence-corrected chi connectivity index (χ4v) is 2.09. The second-order valence-electron chi connectivity index (χ2n) is 5.73. The Balaban J connectivity index is 2.80. The highest BCUT2D eigenvalue weighted by molar-refractivity contribution is 5.25. The van der Waals surface area contributed by atoms with Crippen molar-refractivity contribution in [1.29, 1.82) is 0 Å². The van der Waals surface area contributed by atoms with Crippen LogP contribution in [0.1, 0.15) is 53.9 Å². The van der Waals surface area contributed by atoms with E-state index in [4.69, 9.17) is 0 Å². The first-order chi connectivity index (χ1) is 6.93. The molecule has 0 aromatic rings. The molecule has 0 aliphatic heterocycles. The van der Waals surface area contributed by atoms with Gasteiger partial charge in [0.2, 0.25) is 0 Å². The van der Waals surface area contributed by atoms with E-state index in [1.165, 1.54) is 30.4 Å². The smallest absolute Gasteiger partial charge is 0.0129 e. The summed E-state index contributed by atoms with van der Waals surface area (Å²) in [6.45, 7) is 11.2. The Labute approximate surface area is 94.8 Å². The lowest BCUT2D eigenvalue weighted by molar-refractivity contribution is 0.516. The quantitative estimate of drug-likeness (QED) is 0.422. The molecule has 0 nitrogen and oxygen atoms in total. The van der Waals surface area contributed by atoms with Crippen molar-refractivity contribution in [3.63, 3.8) is 0 Å². The first kappa shape index (κ1) is 12.3. The maximum absolute atomic E-state index is 3.49. The van der Waals surface area contributed by atoms with E-state index in [0.29, 0.717) is 0 Å². The molecule has 0 N–H and O–H groups in total. The third-order valence-electron chi connectivity index (χ3n) is 3.14. The molecule has 0 aromatic heterocycles. The Kier molecular flexibility index (Phi) is 3.99. The molecule has 1 unspecified atom stereocenters. The van der Waals surface area contributed by atoms with Gasteiger partial charge in [-0.05, 0) is 54.7 Å². The summed E-state index contributed by atoms with van der Waals surface area (Å²) >= 11 is 0. The zero-order valence-corrected chi connectivity index (χ0v) is 10.9. The highest BCUT2D eigenvalue weighted by Gasteiger charge is 2.15. The number of hydrogen-bond donors (Lipinski definition) is 0. The minimum Gasteiger partial charge on any atom is -0.121 e. The molecule has 1 saturated carbocycles. The van der Waals surface area contributed by atoms with E-state index >= 15 is 0 Å². The molecule has 0 bridgehead atoms. The van der Waals surface area contributed by atoms with Gasteiger partial charge >= 0.3 is 0 Å². The Morgan fingerprint density at radius 2 is 2.07 bits per heavy atom. The second kappa shape index (κ2) is 4.86. The van der Waals surface area contributed by atoms with Crippen molar-refractivity contribution < 1.29 is 0 Å². The third kappa shape index (κ3) is 3.72. The van der Waals surface area contributed by atoms with Gasteiger partial charge in [-0.15, -0.1) is 5.73 Å². The SMILES string of the molecule is C/C=C(\C=C=C1CCC(C)C1)C(C)(C)C. The summed E-state index contributed by atoms with van der Waals surface area (Å²) < 4.78 is 0. The molecule has 0 aromatic carbocycles. The van der Waals surface area contributed by atoms with E-state index in [0.717, 1.165) is 5.92 Å². The second-order valence-corrected chi connectivity index (χ2v) is 5.73. The molecule has 0 heterocycles. The molecule has 0 radical (unpaired) electrons. The fourth-order valence-electron chi connectivity index (χ4n) is 2.09. The number of rotatable bonds is 1. The van der Waals surface area contributed by atoms with Crippen molar-refractivity contribution >= 4 is 0 Å². The van der Waals surface area contributed by atoms with Gasteiger partial charge in [0.1, 0.15) is 0 Å². The Hall–Kier alpha value is -0.740. The maximum Gasteiger partial charge on any atom is -0.0129 e. The summed E-state index contributed by atoms with van der Waals surface area (Å²) in [5, 5.41) is 0. The zero-order chi connectivity index (χ0) is 11.5. The molecular formula is C15H24. The van der Waals surface area contributed by atoms with E-state index in [1.54, 1.807) is 0 Å². The van der Waals surface area contributed by atoms with Gasteiger partial charge in [-0.2, -0.15) is 0 Å². The van der Waals surface area contributed by atoms with Crippen molar-refractivity contribution in [2.75, 3.05) is 0 Å². The van der Waals surface area contributed by atoms with Gasteiger partial charge in [0, 0.05) is 0 Å². The van der Waals surface area contributed by atoms with E-state index in [9.17, 15) is 0 Å². The fraction of sp³-hybridized carbons (Fsp3) is 0.667. The van der Waals surface area contributed by atoms with E-state index in [2.05, 4.69) is 52.5 Å². The molecule has 0 amide bonds. The molecule has 0 spiro atoms. The van der Waals surface area contributed by atoms with Crippen LogP contribution in [0.3, 0.4) is 0 Å². The predicted octanol–water partition coefficient (Wildman–Crippen LogP) is 4.88. The molecule has 1 rings (SSSR count). The van der Waals surface area contributed by atoms with Crippen LogP contribution in [0.5, 0.6) is 0 Å². The largest absolute Gasteiger partial charge is 0.121 e. The van der Waals surface area contributed by atoms with Crippen molar-refractivity contribution in [3.05, 3.63) is 29.0 Å². The first-order valence-corrected chi connectivity index (χ1v) is 6.04. The molecule has 1 aliphatic rings. The summed E-state index contributed by atoms with van der Waals surface area (Å²) in [5.41, 5.74) is 6.63.